The Kier molecular flexibility index (Phi) is 4.81. The molecule has 0 saturated carbocycles. The van der Waals surface area contributed by atoms with Gasteiger partial charge in [-0.25, -0.2) is 0 Å². The molecule has 1 amide bonds. The van der Waals surface area contributed by atoms with E-state index in [4.69, 9.17) is 4.74 Å². The van der Waals surface area contributed by atoms with Gasteiger partial charge in [-0.2, -0.15) is 13.2 Å². The van der Waals surface area contributed by atoms with Gasteiger partial charge < -0.3 is 10.1 Å². The first-order chi connectivity index (χ1) is 8.00. The molecule has 0 fully saturated rings. The molecule has 3 nitrogen and oxygen atoms in total. The highest BCUT2D eigenvalue weighted by atomic mass is 19.4. The van der Waals surface area contributed by atoms with Gasteiger partial charge in [0.15, 0.2) is 0 Å². The van der Waals surface area contributed by atoms with E-state index in [1.54, 1.807) is 29.6 Å². The highest BCUT2D eigenvalue weighted by Crippen LogP contribution is 2.13. The largest absolute Gasteiger partial charge is 0.494 e. The summed E-state index contributed by atoms with van der Waals surface area (Å²) in [5.41, 5.74) is 0. The van der Waals surface area contributed by atoms with Crippen LogP contribution in [-0.2, 0) is 4.79 Å². The number of carbonyl (C=O) groups excluding carboxylic acids is 1. The summed E-state index contributed by atoms with van der Waals surface area (Å²) in [6.45, 7) is 0.188. The molecule has 0 saturated heterocycles. The number of benzene rings is 1. The van der Waals surface area contributed by atoms with E-state index in [0.717, 1.165) is 0 Å². The maximum Gasteiger partial charge on any atom is 0.471 e. The maximum absolute atomic E-state index is 11.8. The van der Waals surface area contributed by atoms with E-state index in [1.165, 1.54) is 0 Å². The normalized spacial score (nSPS) is 11.0. The first-order valence-corrected chi connectivity index (χ1v) is 5.03. The van der Waals surface area contributed by atoms with Crippen molar-refractivity contribution < 1.29 is 22.7 Å². The lowest BCUT2D eigenvalue weighted by Gasteiger charge is -2.08. The number of nitrogens with one attached hydrogen (secondary N) is 1. The molecule has 1 aromatic carbocycles. The molecule has 6 heteroatoms. The van der Waals surface area contributed by atoms with Crippen LogP contribution >= 0.6 is 0 Å². The smallest absolute Gasteiger partial charge is 0.471 e. The Morgan fingerprint density at radius 2 is 1.88 bits per heavy atom. The molecule has 17 heavy (non-hydrogen) atoms. The van der Waals surface area contributed by atoms with Gasteiger partial charge in [0.25, 0.3) is 0 Å². The molecule has 0 heterocycles. The van der Waals surface area contributed by atoms with Crippen LogP contribution < -0.4 is 10.1 Å². The third-order valence-corrected chi connectivity index (χ3v) is 1.88. The summed E-state index contributed by atoms with van der Waals surface area (Å²) in [7, 11) is 0. The van der Waals surface area contributed by atoms with Gasteiger partial charge in [-0.15, -0.1) is 0 Å². The molecule has 0 aliphatic heterocycles. The van der Waals surface area contributed by atoms with Crippen LogP contribution in [0.25, 0.3) is 0 Å². The van der Waals surface area contributed by atoms with Crippen molar-refractivity contribution in [3.05, 3.63) is 30.3 Å². The maximum atomic E-state index is 11.8. The Labute approximate surface area is 96.6 Å². The van der Waals surface area contributed by atoms with Crippen molar-refractivity contribution in [2.75, 3.05) is 13.2 Å². The summed E-state index contributed by atoms with van der Waals surface area (Å²) >= 11 is 0. The summed E-state index contributed by atoms with van der Waals surface area (Å²) in [4.78, 5) is 10.4. The van der Waals surface area contributed by atoms with Crippen molar-refractivity contribution in [3.8, 4) is 5.75 Å². The molecular formula is C11H12F3NO2. The van der Waals surface area contributed by atoms with Gasteiger partial charge in [0.2, 0.25) is 0 Å². The van der Waals surface area contributed by atoms with Crippen molar-refractivity contribution in [2.45, 2.75) is 12.6 Å². The number of hydrogen-bond acceptors (Lipinski definition) is 2. The van der Waals surface area contributed by atoms with Gasteiger partial charge in [-0.05, 0) is 18.6 Å². The van der Waals surface area contributed by atoms with E-state index in [2.05, 4.69) is 0 Å². The van der Waals surface area contributed by atoms with Gasteiger partial charge in [0.1, 0.15) is 5.75 Å². The Balaban J connectivity index is 2.12. The molecule has 1 aromatic rings. The molecule has 94 valence electrons. The van der Waals surface area contributed by atoms with Crippen molar-refractivity contribution >= 4 is 5.91 Å². The topological polar surface area (TPSA) is 38.3 Å². The van der Waals surface area contributed by atoms with E-state index in [1.807, 2.05) is 6.07 Å². The summed E-state index contributed by atoms with van der Waals surface area (Å²) in [5, 5.41) is 1.76. The van der Waals surface area contributed by atoms with E-state index in [9.17, 15) is 18.0 Å². The summed E-state index contributed by atoms with van der Waals surface area (Å²) in [6, 6.07) is 8.90. The van der Waals surface area contributed by atoms with Crippen LogP contribution in [0.4, 0.5) is 13.2 Å². The van der Waals surface area contributed by atoms with Gasteiger partial charge in [0.05, 0.1) is 6.61 Å². The number of rotatable bonds is 5. The van der Waals surface area contributed by atoms with Crippen LogP contribution in [0, 0.1) is 0 Å². The second-order valence-corrected chi connectivity index (χ2v) is 3.27. The molecule has 0 radical (unpaired) electrons. The van der Waals surface area contributed by atoms with E-state index in [-0.39, 0.29) is 13.2 Å². The second kappa shape index (κ2) is 6.12. The molecule has 0 bridgehead atoms. The fourth-order valence-corrected chi connectivity index (χ4v) is 1.08. The second-order valence-electron chi connectivity index (χ2n) is 3.27. The summed E-state index contributed by atoms with van der Waals surface area (Å²) in [6.07, 6.45) is -4.50. The van der Waals surface area contributed by atoms with Crippen molar-refractivity contribution in [1.29, 1.82) is 0 Å². The van der Waals surface area contributed by atoms with E-state index >= 15 is 0 Å². The lowest BCUT2D eigenvalue weighted by Crippen LogP contribution is -2.37. The fraction of sp³-hybridized carbons (Fsp3) is 0.364. The van der Waals surface area contributed by atoms with Gasteiger partial charge in [0, 0.05) is 6.54 Å². The molecule has 0 aliphatic rings. The number of carbonyl (C=O) groups is 1. The highest BCUT2D eigenvalue weighted by Gasteiger charge is 2.38. The standard InChI is InChI=1S/C11H12F3NO2/c12-11(13,14)10(16)15-7-4-8-17-9-5-2-1-3-6-9/h1-3,5-6H,4,7-8H2,(H,15,16). The van der Waals surface area contributed by atoms with Crippen LogP contribution in [-0.4, -0.2) is 25.2 Å². The average molecular weight is 247 g/mol. The quantitative estimate of drug-likeness (QED) is 0.809. The minimum absolute atomic E-state index is 0.0643. The third-order valence-electron chi connectivity index (χ3n) is 1.88. The van der Waals surface area contributed by atoms with Crippen molar-refractivity contribution in [2.24, 2.45) is 0 Å². The first-order valence-electron chi connectivity index (χ1n) is 5.03. The van der Waals surface area contributed by atoms with Crippen molar-refractivity contribution in [1.82, 2.24) is 5.32 Å². The van der Waals surface area contributed by atoms with Gasteiger partial charge in [-0.3, -0.25) is 4.79 Å². The number of alkyl halides is 3. The molecule has 0 unspecified atom stereocenters. The Bertz CT molecular complexity index is 351. The molecular weight excluding hydrogens is 235 g/mol. The van der Waals surface area contributed by atoms with E-state index in [0.29, 0.717) is 12.2 Å². The zero-order valence-electron chi connectivity index (χ0n) is 8.96. The first kappa shape index (κ1) is 13.3. The number of para-hydroxylation sites is 1. The third kappa shape index (κ3) is 5.24. The summed E-state index contributed by atoms with van der Waals surface area (Å²) in [5.74, 6) is -1.27. The van der Waals surface area contributed by atoms with Crippen LogP contribution in [0.15, 0.2) is 30.3 Å². The molecule has 1 rings (SSSR count). The van der Waals surface area contributed by atoms with Crippen LogP contribution in [0.1, 0.15) is 6.42 Å². The summed E-state index contributed by atoms with van der Waals surface area (Å²) < 4.78 is 40.6. The fourth-order valence-electron chi connectivity index (χ4n) is 1.08. The molecule has 0 atom stereocenters. The number of ether oxygens (including phenoxy) is 1. The molecule has 0 aromatic heterocycles. The zero-order chi connectivity index (χ0) is 12.7. The van der Waals surface area contributed by atoms with Crippen LogP contribution in [0.5, 0.6) is 5.75 Å². The van der Waals surface area contributed by atoms with Crippen LogP contribution in [0.3, 0.4) is 0 Å². The number of amides is 1. The lowest BCUT2D eigenvalue weighted by atomic mass is 10.3. The minimum atomic E-state index is -4.82. The predicted molar refractivity (Wildman–Crippen MR) is 55.6 cm³/mol. The SMILES string of the molecule is O=C(NCCCOc1ccccc1)C(F)(F)F. The molecule has 0 aliphatic carbocycles. The van der Waals surface area contributed by atoms with Gasteiger partial charge >= 0.3 is 12.1 Å². The average Bonchev–Trinajstić information content (AvgIpc) is 2.28. The monoisotopic (exact) mass is 247 g/mol. The predicted octanol–water partition coefficient (Wildman–Crippen LogP) is 2.13. The Morgan fingerprint density at radius 1 is 1.24 bits per heavy atom. The highest BCUT2D eigenvalue weighted by molar-refractivity contribution is 5.81. The number of halogens is 3. The van der Waals surface area contributed by atoms with E-state index < -0.39 is 12.1 Å². The van der Waals surface area contributed by atoms with Crippen molar-refractivity contribution in [3.63, 3.8) is 0 Å². The molecule has 0 spiro atoms. The minimum Gasteiger partial charge on any atom is -0.494 e. The zero-order valence-corrected chi connectivity index (χ0v) is 8.96. The number of hydrogen-bond donors (Lipinski definition) is 1. The van der Waals surface area contributed by atoms with Gasteiger partial charge in [-0.1, -0.05) is 18.2 Å². The Hall–Kier alpha value is -1.72. The molecule has 1 N–H and O–H groups in total. The Morgan fingerprint density at radius 3 is 2.47 bits per heavy atom. The van der Waals surface area contributed by atoms with Crippen LogP contribution in [0.2, 0.25) is 0 Å². The lowest BCUT2D eigenvalue weighted by molar-refractivity contribution is -0.173.